The second kappa shape index (κ2) is 4.04. The zero-order valence-electron chi connectivity index (χ0n) is 7.34. The van der Waals surface area contributed by atoms with Crippen molar-refractivity contribution >= 4 is 34.2 Å². The van der Waals surface area contributed by atoms with E-state index in [4.69, 9.17) is 0 Å². The molecule has 0 radical (unpaired) electrons. The quantitative estimate of drug-likeness (QED) is 0.728. The topological polar surface area (TPSA) is 20.3 Å². The Hall–Kier alpha value is -0.650. The van der Waals surface area contributed by atoms with Crippen molar-refractivity contribution in [2.24, 2.45) is 0 Å². The fourth-order valence-corrected chi connectivity index (χ4v) is 1.38. The highest BCUT2D eigenvalue weighted by Gasteiger charge is 2.10. The lowest BCUT2D eigenvalue weighted by atomic mass is 10.3. The lowest BCUT2D eigenvalue weighted by Gasteiger charge is -2.15. The molecule has 2 nitrogen and oxygen atoms in total. The van der Waals surface area contributed by atoms with Gasteiger partial charge in [0.1, 0.15) is 5.82 Å². The highest BCUT2D eigenvalue weighted by atomic mass is 127. The van der Waals surface area contributed by atoms with Gasteiger partial charge in [-0.2, -0.15) is 0 Å². The minimum Gasteiger partial charge on any atom is -0.313 e. The Kier molecular flexibility index (Phi) is 3.24. The molecule has 0 aliphatic carbocycles. The molecule has 0 aliphatic rings. The molecule has 0 saturated heterocycles. The first-order valence-electron chi connectivity index (χ1n) is 3.71. The van der Waals surface area contributed by atoms with Crippen LogP contribution in [0.1, 0.15) is 6.92 Å². The van der Waals surface area contributed by atoms with E-state index in [1.165, 1.54) is 17.9 Å². The average Bonchev–Trinajstić information content (AvgIpc) is 2.03. The number of amides is 1. The summed E-state index contributed by atoms with van der Waals surface area (Å²) in [7, 11) is 1.55. The number of carbonyl (C=O) groups is 1. The van der Waals surface area contributed by atoms with Crippen LogP contribution in [0.5, 0.6) is 0 Å². The van der Waals surface area contributed by atoms with E-state index in [9.17, 15) is 9.18 Å². The third kappa shape index (κ3) is 2.40. The van der Waals surface area contributed by atoms with Gasteiger partial charge >= 0.3 is 0 Å². The lowest BCUT2D eigenvalue weighted by molar-refractivity contribution is -0.116. The molecule has 0 aliphatic heterocycles. The third-order valence-electron chi connectivity index (χ3n) is 1.74. The van der Waals surface area contributed by atoms with Crippen LogP contribution in [0, 0.1) is 9.39 Å². The maximum absolute atomic E-state index is 13.3. The molecule has 70 valence electrons. The maximum Gasteiger partial charge on any atom is 0.223 e. The summed E-state index contributed by atoms with van der Waals surface area (Å²) in [6.45, 7) is 1.40. The molecular weight excluding hydrogens is 284 g/mol. The first-order valence-corrected chi connectivity index (χ1v) is 4.79. The van der Waals surface area contributed by atoms with E-state index >= 15 is 0 Å². The Balaban J connectivity index is 3.08. The van der Waals surface area contributed by atoms with Crippen LogP contribution < -0.4 is 4.90 Å². The summed E-state index contributed by atoms with van der Waals surface area (Å²) in [5.41, 5.74) is 0.313. The summed E-state index contributed by atoms with van der Waals surface area (Å²) < 4.78 is 14.1. The number of carbonyl (C=O) groups excluding carboxylic acids is 1. The van der Waals surface area contributed by atoms with Crippen LogP contribution in [0.3, 0.4) is 0 Å². The molecule has 0 N–H and O–H groups in total. The van der Waals surface area contributed by atoms with Crippen LogP contribution in [-0.4, -0.2) is 13.0 Å². The average molecular weight is 293 g/mol. The van der Waals surface area contributed by atoms with Crippen molar-refractivity contribution in [2.75, 3.05) is 11.9 Å². The number of benzene rings is 1. The smallest absolute Gasteiger partial charge is 0.223 e. The molecular formula is C9H9FINO. The van der Waals surface area contributed by atoms with Gasteiger partial charge in [0.25, 0.3) is 0 Å². The van der Waals surface area contributed by atoms with Gasteiger partial charge < -0.3 is 4.90 Å². The highest BCUT2D eigenvalue weighted by molar-refractivity contribution is 14.1. The van der Waals surface area contributed by atoms with Crippen LogP contribution >= 0.6 is 22.6 Å². The summed E-state index contributed by atoms with van der Waals surface area (Å²) in [6.07, 6.45) is 0. The predicted octanol–water partition coefficient (Wildman–Crippen LogP) is 2.41. The van der Waals surface area contributed by atoms with Crippen LogP contribution in [0.2, 0.25) is 0 Å². The first kappa shape index (κ1) is 10.4. The molecule has 0 bridgehead atoms. The van der Waals surface area contributed by atoms with Crippen LogP contribution in [0.25, 0.3) is 0 Å². The van der Waals surface area contributed by atoms with Crippen molar-refractivity contribution in [2.45, 2.75) is 6.92 Å². The van der Waals surface area contributed by atoms with Gasteiger partial charge in [0.2, 0.25) is 5.91 Å². The van der Waals surface area contributed by atoms with E-state index in [2.05, 4.69) is 0 Å². The second-order valence-corrected chi connectivity index (χ2v) is 3.92. The summed E-state index contributed by atoms with van der Waals surface area (Å²) in [6, 6.07) is 4.76. The normalized spacial score (nSPS) is 9.85. The van der Waals surface area contributed by atoms with Gasteiger partial charge in [-0.05, 0) is 40.8 Å². The predicted molar refractivity (Wildman–Crippen MR) is 58.2 cm³/mol. The van der Waals surface area contributed by atoms with Crippen molar-refractivity contribution in [1.82, 2.24) is 0 Å². The van der Waals surface area contributed by atoms with Gasteiger partial charge in [-0.15, -0.1) is 0 Å². The van der Waals surface area contributed by atoms with E-state index in [1.54, 1.807) is 19.2 Å². The van der Waals surface area contributed by atoms with Gasteiger partial charge in [0.05, 0.1) is 5.69 Å². The number of hydrogen-bond acceptors (Lipinski definition) is 1. The van der Waals surface area contributed by atoms with E-state index in [0.29, 0.717) is 5.69 Å². The Labute approximate surface area is 89.9 Å². The van der Waals surface area contributed by atoms with Gasteiger partial charge in [-0.1, -0.05) is 0 Å². The van der Waals surface area contributed by atoms with Crippen LogP contribution in [-0.2, 0) is 4.79 Å². The van der Waals surface area contributed by atoms with Gasteiger partial charge in [0.15, 0.2) is 0 Å². The maximum atomic E-state index is 13.3. The molecule has 0 aromatic heterocycles. The number of hydrogen-bond donors (Lipinski definition) is 0. The standard InChI is InChI=1S/C9H9FINO/c1-6(13)12(2)9-4-3-7(11)5-8(9)10/h3-5H,1-2H3. The molecule has 0 atom stereocenters. The molecule has 1 rings (SSSR count). The number of rotatable bonds is 1. The van der Waals surface area contributed by atoms with Crippen LogP contribution in [0.15, 0.2) is 18.2 Å². The molecule has 1 aromatic carbocycles. The van der Waals surface area contributed by atoms with Crippen molar-refractivity contribution in [3.8, 4) is 0 Å². The fraction of sp³-hybridized carbons (Fsp3) is 0.222. The molecule has 4 heteroatoms. The summed E-state index contributed by atoms with van der Waals surface area (Å²) in [5, 5.41) is 0. The Morgan fingerprint density at radius 3 is 2.62 bits per heavy atom. The lowest BCUT2D eigenvalue weighted by Crippen LogP contribution is -2.23. The fourth-order valence-electron chi connectivity index (χ4n) is 0.923. The van der Waals surface area contributed by atoms with E-state index < -0.39 is 0 Å². The molecule has 0 unspecified atom stereocenters. The second-order valence-electron chi connectivity index (χ2n) is 2.67. The van der Waals surface area contributed by atoms with Crippen LogP contribution in [0.4, 0.5) is 10.1 Å². The summed E-state index contributed by atoms with van der Waals surface area (Å²) in [4.78, 5) is 12.2. The molecule has 0 heterocycles. The Bertz CT molecular complexity index is 340. The van der Waals surface area contributed by atoms with Gasteiger partial charge in [-0.25, -0.2) is 4.39 Å². The molecule has 0 fully saturated rings. The van der Waals surface area contributed by atoms with Crippen molar-refractivity contribution < 1.29 is 9.18 Å². The number of nitrogens with zero attached hydrogens (tertiary/aromatic N) is 1. The van der Waals surface area contributed by atoms with Crippen molar-refractivity contribution in [1.29, 1.82) is 0 Å². The Morgan fingerprint density at radius 2 is 2.15 bits per heavy atom. The molecule has 1 amide bonds. The van der Waals surface area contributed by atoms with Crippen molar-refractivity contribution in [3.05, 3.63) is 27.6 Å². The zero-order valence-corrected chi connectivity index (χ0v) is 9.50. The van der Waals surface area contributed by atoms with E-state index in [0.717, 1.165) is 3.57 Å². The molecule has 13 heavy (non-hydrogen) atoms. The molecule has 1 aromatic rings. The minimum atomic E-state index is -0.371. The van der Waals surface area contributed by atoms with Gasteiger partial charge in [-0.3, -0.25) is 4.79 Å². The monoisotopic (exact) mass is 293 g/mol. The van der Waals surface area contributed by atoms with E-state index in [1.807, 2.05) is 22.6 Å². The summed E-state index contributed by atoms with van der Waals surface area (Å²) in [5.74, 6) is -0.551. The summed E-state index contributed by atoms with van der Waals surface area (Å²) >= 11 is 2.02. The largest absolute Gasteiger partial charge is 0.313 e. The molecule has 0 spiro atoms. The SMILES string of the molecule is CC(=O)N(C)c1ccc(I)cc1F. The zero-order chi connectivity index (χ0) is 10.0. The highest BCUT2D eigenvalue weighted by Crippen LogP contribution is 2.20. The first-order chi connectivity index (χ1) is 6.02. The number of anilines is 1. The Morgan fingerprint density at radius 1 is 1.54 bits per heavy atom. The minimum absolute atomic E-state index is 0.180. The molecule has 0 saturated carbocycles. The third-order valence-corrected chi connectivity index (χ3v) is 2.41. The van der Waals surface area contributed by atoms with Gasteiger partial charge in [0, 0.05) is 17.5 Å². The van der Waals surface area contributed by atoms with E-state index in [-0.39, 0.29) is 11.7 Å². The number of halogens is 2. The van der Waals surface area contributed by atoms with Crippen molar-refractivity contribution in [3.63, 3.8) is 0 Å².